The minimum atomic E-state index is -0.917. The van der Waals surface area contributed by atoms with Gasteiger partial charge in [0, 0.05) is 0 Å². The highest BCUT2D eigenvalue weighted by Crippen LogP contribution is 2.34. The van der Waals surface area contributed by atoms with E-state index in [1.165, 1.54) is 14.2 Å². The molecule has 1 aromatic carbocycles. The van der Waals surface area contributed by atoms with Crippen molar-refractivity contribution in [3.63, 3.8) is 0 Å². The second-order valence-electron chi connectivity index (χ2n) is 4.90. The number of methoxy groups -OCH3 is 2. The molecule has 0 saturated carbocycles. The summed E-state index contributed by atoms with van der Waals surface area (Å²) in [6.07, 6.45) is 0.960. The lowest BCUT2D eigenvalue weighted by Crippen LogP contribution is -2.26. The van der Waals surface area contributed by atoms with Crippen LogP contribution in [0.3, 0.4) is 0 Å². The molecule has 0 aliphatic rings. The minimum Gasteiger partial charge on any atom is -0.493 e. The van der Waals surface area contributed by atoms with Crippen LogP contribution in [0.5, 0.6) is 11.5 Å². The zero-order valence-corrected chi connectivity index (χ0v) is 11.5. The number of aliphatic carboxylic acids is 1. The van der Waals surface area contributed by atoms with E-state index in [0.717, 1.165) is 0 Å². The van der Waals surface area contributed by atoms with Crippen molar-refractivity contribution in [2.45, 2.75) is 20.3 Å². The summed E-state index contributed by atoms with van der Waals surface area (Å²) in [5.74, 6) is -0.118. The van der Waals surface area contributed by atoms with E-state index in [9.17, 15) is 9.59 Å². The zero-order valence-electron chi connectivity index (χ0n) is 11.5. The molecule has 0 aliphatic heterocycles. The van der Waals surface area contributed by atoms with E-state index in [1.807, 2.05) is 0 Å². The molecule has 19 heavy (non-hydrogen) atoms. The van der Waals surface area contributed by atoms with E-state index in [0.29, 0.717) is 35.3 Å². The van der Waals surface area contributed by atoms with Crippen molar-refractivity contribution in [2.24, 2.45) is 5.41 Å². The van der Waals surface area contributed by atoms with Gasteiger partial charge in [-0.2, -0.15) is 0 Å². The number of aldehydes is 1. The Morgan fingerprint density at radius 3 is 2.37 bits per heavy atom. The molecule has 1 aromatic rings. The first-order chi connectivity index (χ1) is 8.85. The first-order valence-electron chi connectivity index (χ1n) is 5.79. The Morgan fingerprint density at radius 1 is 1.32 bits per heavy atom. The van der Waals surface area contributed by atoms with E-state index in [4.69, 9.17) is 14.6 Å². The molecular weight excluding hydrogens is 248 g/mol. The highest BCUT2D eigenvalue weighted by atomic mass is 16.5. The molecule has 0 radical (unpaired) electrons. The molecule has 0 aliphatic carbocycles. The van der Waals surface area contributed by atoms with Crippen LogP contribution in [-0.4, -0.2) is 31.6 Å². The van der Waals surface area contributed by atoms with Gasteiger partial charge in [0.15, 0.2) is 17.8 Å². The summed E-state index contributed by atoms with van der Waals surface area (Å²) in [6.45, 7) is 3.26. The lowest BCUT2D eigenvalue weighted by atomic mass is 9.85. The van der Waals surface area contributed by atoms with E-state index in [1.54, 1.807) is 26.0 Å². The topological polar surface area (TPSA) is 72.8 Å². The second-order valence-corrected chi connectivity index (χ2v) is 4.90. The molecule has 0 heterocycles. The monoisotopic (exact) mass is 266 g/mol. The maximum atomic E-state index is 11.1. The third-order valence-electron chi connectivity index (χ3n) is 2.92. The summed E-state index contributed by atoms with van der Waals surface area (Å²) in [7, 11) is 2.92. The van der Waals surface area contributed by atoms with Crippen molar-refractivity contribution in [1.82, 2.24) is 0 Å². The van der Waals surface area contributed by atoms with Crippen LogP contribution >= 0.6 is 0 Å². The molecular formula is C14H18O5. The van der Waals surface area contributed by atoms with Gasteiger partial charge in [-0.1, -0.05) is 0 Å². The van der Waals surface area contributed by atoms with Crippen LogP contribution in [0.4, 0.5) is 0 Å². The molecule has 0 fully saturated rings. The summed E-state index contributed by atoms with van der Waals surface area (Å²) in [5, 5.41) is 9.13. The highest BCUT2D eigenvalue weighted by Gasteiger charge is 2.28. The van der Waals surface area contributed by atoms with Crippen molar-refractivity contribution in [2.75, 3.05) is 14.2 Å². The summed E-state index contributed by atoms with van der Waals surface area (Å²) in [5.41, 5.74) is 0.143. The van der Waals surface area contributed by atoms with Gasteiger partial charge in [-0.05, 0) is 38.0 Å². The molecule has 5 nitrogen and oxygen atoms in total. The Kier molecular flexibility index (Phi) is 4.53. The quantitative estimate of drug-likeness (QED) is 0.799. The predicted molar refractivity (Wildman–Crippen MR) is 70.1 cm³/mol. The fourth-order valence-electron chi connectivity index (χ4n) is 1.83. The van der Waals surface area contributed by atoms with Gasteiger partial charge in [0.05, 0.1) is 25.2 Å². The molecule has 1 rings (SSSR count). The maximum absolute atomic E-state index is 11.1. The summed E-state index contributed by atoms with van der Waals surface area (Å²) < 4.78 is 10.3. The van der Waals surface area contributed by atoms with Gasteiger partial charge >= 0.3 is 5.97 Å². The molecule has 0 bridgehead atoms. The van der Waals surface area contributed by atoms with Crippen LogP contribution in [0.1, 0.15) is 29.8 Å². The van der Waals surface area contributed by atoms with Crippen molar-refractivity contribution < 1.29 is 24.2 Å². The standard InChI is InChI=1S/C14H18O5/c1-14(2,13(16)17)7-9-5-10(8-15)12(19-4)11(6-9)18-3/h5-6,8H,7H2,1-4H3,(H,16,17). The number of hydrogen-bond donors (Lipinski definition) is 1. The molecule has 104 valence electrons. The molecule has 0 amide bonds. The van der Waals surface area contributed by atoms with Gasteiger partial charge in [-0.25, -0.2) is 0 Å². The van der Waals surface area contributed by atoms with Gasteiger partial charge in [0.25, 0.3) is 0 Å². The largest absolute Gasteiger partial charge is 0.493 e. The normalized spacial score (nSPS) is 10.9. The fraction of sp³-hybridized carbons (Fsp3) is 0.429. The van der Waals surface area contributed by atoms with Crippen LogP contribution in [0.25, 0.3) is 0 Å². The summed E-state index contributed by atoms with van der Waals surface area (Å²) in [6, 6.07) is 3.32. The Morgan fingerprint density at radius 2 is 1.95 bits per heavy atom. The SMILES string of the molecule is COc1cc(CC(C)(C)C(=O)O)cc(C=O)c1OC. The van der Waals surface area contributed by atoms with Crippen LogP contribution in [-0.2, 0) is 11.2 Å². The number of benzene rings is 1. The van der Waals surface area contributed by atoms with E-state index in [2.05, 4.69) is 0 Å². The third-order valence-corrected chi connectivity index (χ3v) is 2.92. The van der Waals surface area contributed by atoms with Crippen molar-refractivity contribution in [1.29, 1.82) is 0 Å². The molecule has 1 N–H and O–H groups in total. The Balaban J connectivity index is 3.24. The Hall–Kier alpha value is -2.04. The van der Waals surface area contributed by atoms with E-state index >= 15 is 0 Å². The van der Waals surface area contributed by atoms with Gasteiger partial charge in [0.1, 0.15) is 0 Å². The highest BCUT2D eigenvalue weighted by molar-refractivity contribution is 5.82. The average molecular weight is 266 g/mol. The Bertz CT molecular complexity index is 491. The number of carboxylic acids is 1. The smallest absolute Gasteiger partial charge is 0.309 e. The number of carboxylic acid groups (broad SMARTS) is 1. The maximum Gasteiger partial charge on any atom is 0.309 e. The van der Waals surface area contributed by atoms with Gasteiger partial charge < -0.3 is 14.6 Å². The second kappa shape index (κ2) is 5.73. The number of carbonyl (C=O) groups excluding carboxylic acids is 1. The van der Waals surface area contributed by atoms with Crippen molar-refractivity contribution in [3.05, 3.63) is 23.3 Å². The molecule has 0 unspecified atom stereocenters. The van der Waals surface area contributed by atoms with Crippen LogP contribution in [0.15, 0.2) is 12.1 Å². The van der Waals surface area contributed by atoms with E-state index < -0.39 is 11.4 Å². The number of rotatable bonds is 6. The molecule has 0 spiro atoms. The first-order valence-corrected chi connectivity index (χ1v) is 5.79. The fourth-order valence-corrected chi connectivity index (χ4v) is 1.83. The van der Waals surface area contributed by atoms with Gasteiger partial charge in [0.2, 0.25) is 0 Å². The average Bonchev–Trinajstić information content (AvgIpc) is 2.36. The van der Waals surface area contributed by atoms with Crippen molar-refractivity contribution >= 4 is 12.3 Å². The molecule has 0 saturated heterocycles. The van der Waals surface area contributed by atoms with Crippen LogP contribution in [0, 0.1) is 5.41 Å². The number of ether oxygens (including phenoxy) is 2. The molecule has 0 aromatic heterocycles. The van der Waals surface area contributed by atoms with Gasteiger partial charge in [-0.3, -0.25) is 9.59 Å². The zero-order chi connectivity index (χ0) is 14.6. The lowest BCUT2D eigenvalue weighted by Gasteiger charge is -2.20. The van der Waals surface area contributed by atoms with Crippen LogP contribution < -0.4 is 9.47 Å². The minimum absolute atomic E-state index is 0.295. The lowest BCUT2D eigenvalue weighted by molar-refractivity contribution is -0.146. The summed E-state index contributed by atoms with van der Waals surface area (Å²) >= 11 is 0. The molecule has 0 atom stereocenters. The van der Waals surface area contributed by atoms with Gasteiger partial charge in [-0.15, -0.1) is 0 Å². The summed E-state index contributed by atoms with van der Waals surface area (Å²) in [4.78, 5) is 22.2. The van der Waals surface area contributed by atoms with Crippen LogP contribution in [0.2, 0.25) is 0 Å². The third kappa shape index (κ3) is 3.24. The first kappa shape index (κ1) is 15.0. The number of carbonyl (C=O) groups is 2. The van der Waals surface area contributed by atoms with Crippen molar-refractivity contribution in [3.8, 4) is 11.5 Å². The number of hydrogen-bond acceptors (Lipinski definition) is 4. The molecule has 5 heteroatoms. The van der Waals surface area contributed by atoms with E-state index in [-0.39, 0.29) is 0 Å². The predicted octanol–water partition coefficient (Wildman–Crippen LogP) is 2.17. The Labute approximate surface area is 112 Å².